The first-order valence-electron chi connectivity index (χ1n) is 7.04. The summed E-state index contributed by atoms with van der Waals surface area (Å²) in [5, 5.41) is 5.49. The Balaban J connectivity index is 1.41. The number of ether oxygens (including phenoxy) is 1. The Morgan fingerprint density at radius 2 is 2.04 bits per heavy atom. The van der Waals surface area contributed by atoms with Crippen molar-refractivity contribution in [3.63, 3.8) is 0 Å². The Kier molecular flexibility index (Phi) is 4.99. The van der Waals surface area contributed by atoms with Gasteiger partial charge in [0.25, 0.3) is 5.91 Å². The van der Waals surface area contributed by atoms with Crippen LogP contribution in [-0.4, -0.2) is 30.0 Å². The first-order valence-corrected chi connectivity index (χ1v) is 8.74. The van der Waals surface area contributed by atoms with E-state index in [1.54, 1.807) is 28.8 Å². The van der Waals surface area contributed by atoms with Crippen molar-refractivity contribution >= 4 is 44.8 Å². The minimum atomic E-state index is -0.471. The van der Waals surface area contributed by atoms with E-state index >= 15 is 0 Å². The van der Waals surface area contributed by atoms with Crippen molar-refractivity contribution in [2.45, 2.75) is 6.42 Å². The topological polar surface area (TPSA) is 68.3 Å². The summed E-state index contributed by atoms with van der Waals surface area (Å²) in [6.07, 6.45) is 0.657. The average Bonchev–Trinajstić information content (AvgIpc) is 3.21. The Morgan fingerprint density at radius 1 is 1.17 bits per heavy atom. The highest BCUT2D eigenvalue weighted by Crippen LogP contribution is 2.21. The zero-order valence-electron chi connectivity index (χ0n) is 12.2. The van der Waals surface area contributed by atoms with Gasteiger partial charge in [0.1, 0.15) is 4.88 Å². The van der Waals surface area contributed by atoms with Crippen molar-refractivity contribution in [3.05, 3.63) is 51.7 Å². The SMILES string of the molecule is O=C(COC(=O)c1cccs1)NCCc1nc2ccccc2s1. The predicted octanol–water partition coefficient (Wildman–Crippen LogP) is 2.87. The Morgan fingerprint density at radius 3 is 2.83 bits per heavy atom. The third-order valence-corrected chi connectivity index (χ3v) is 5.00. The largest absolute Gasteiger partial charge is 0.451 e. The quantitative estimate of drug-likeness (QED) is 0.697. The molecule has 0 saturated heterocycles. The number of hydrogen-bond acceptors (Lipinski definition) is 6. The number of carbonyl (C=O) groups excluding carboxylic acids is 2. The number of para-hydroxylation sites is 1. The molecule has 2 heterocycles. The van der Waals surface area contributed by atoms with Crippen LogP contribution >= 0.6 is 22.7 Å². The molecular weight excluding hydrogens is 332 g/mol. The van der Waals surface area contributed by atoms with E-state index in [0.717, 1.165) is 15.2 Å². The number of aromatic nitrogens is 1. The minimum absolute atomic E-state index is 0.267. The van der Waals surface area contributed by atoms with Crippen molar-refractivity contribution in [3.8, 4) is 0 Å². The van der Waals surface area contributed by atoms with Crippen LogP contribution in [0.5, 0.6) is 0 Å². The molecule has 2 aromatic heterocycles. The normalized spacial score (nSPS) is 10.6. The number of carbonyl (C=O) groups is 2. The van der Waals surface area contributed by atoms with Crippen LogP contribution in [0.1, 0.15) is 14.7 Å². The maximum Gasteiger partial charge on any atom is 0.348 e. The third-order valence-electron chi connectivity index (χ3n) is 3.06. The van der Waals surface area contributed by atoms with E-state index in [9.17, 15) is 9.59 Å². The van der Waals surface area contributed by atoms with Crippen molar-refractivity contribution in [1.29, 1.82) is 0 Å². The first-order chi connectivity index (χ1) is 11.2. The molecule has 0 atom stereocenters. The second-order valence-corrected chi connectivity index (χ2v) is 6.79. The Labute approximate surface area is 140 Å². The standard InChI is InChI=1S/C16H14N2O3S2/c19-14(10-21-16(20)13-6-3-9-22-13)17-8-7-15-18-11-4-1-2-5-12(11)23-15/h1-6,9H,7-8,10H2,(H,17,19). The van der Waals surface area contributed by atoms with Gasteiger partial charge in [0.05, 0.1) is 15.2 Å². The van der Waals surface area contributed by atoms with Gasteiger partial charge < -0.3 is 10.1 Å². The number of esters is 1. The molecule has 0 saturated carbocycles. The molecule has 0 aliphatic rings. The summed E-state index contributed by atoms with van der Waals surface area (Å²) in [7, 11) is 0. The fourth-order valence-corrected chi connectivity index (χ4v) is 3.57. The van der Waals surface area contributed by atoms with Crippen LogP contribution in [-0.2, 0) is 16.0 Å². The maximum atomic E-state index is 11.7. The average molecular weight is 346 g/mol. The second kappa shape index (κ2) is 7.34. The van der Waals surface area contributed by atoms with Gasteiger partial charge in [-0.05, 0) is 23.6 Å². The molecule has 7 heteroatoms. The van der Waals surface area contributed by atoms with Gasteiger partial charge in [0.2, 0.25) is 0 Å². The van der Waals surface area contributed by atoms with E-state index < -0.39 is 5.97 Å². The van der Waals surface area contributed by atoms with Gasteiger partial charge in [0, 0.05) is 13.0 Å². The number of nitrogens with one attached hydrogen (secondary N) is 1. The van der Waals surface area contributed by atoms with E-state index in [4.69, 9.17) is 4.74 Å². The fourth-order valence-electron chi connectivity index (χ4n) is 1.98. The molecular formula is C16H14N2O3S2. The molecule has 3 aromatic rings. The summed E-state index contributed by atoms with van der Waals surface area (Å²) in [5.74, 6) is -0.780. The highest BCUT2D eigenvalue weighted by molar-refractivity contribution is 7.18. The molecule has 23 heavy (non-hydrogen) atoms. The summed E-state index contributed by atoms with van der Waals surface area (Å²) >= 11 is 2.91. The predicted molar refractivity (Wildman–Crippen MR) is 90.9 cm³/mol. The van der Waals surface area contributed by atoms with E-state index in [1.165, 1.54) is 11.3 Å². The number of benzene rings is 1. The third kappa shape index (κ3) is 4.14. The summed E-state index contributed by atoms with van der Waals surface area (Å²) in [5.41, 5.74) is 0.976. The number of nitrogens with zero attached hydrogens (tertiary/aromatic N) is 1. The second-order valence-electron chi connectivity index (χ2n) is 4.73. The fraction of sp³-hybridized carbons (Fsp3) is 0.188. The zero-order chi connectivity index (χ0) is 16.1. The Bertz CT molecular complexity index is 779. The lowest BCUT2D eigenvalue weighted by Gasteiger charge is -2.04. The van der Waals surface area contributed by atoms with Gasteiger partial charge >= 0.3 is 5.97 Å². The number of rotatable bonds is 6. The summed E-state index contributed by atoms with van der Waals surface area (Å²) in [6.45, 7) is 0.200. The van der Waals surface area contributed by atoms with E-state index in [0.29, 0.717) is 17.8 Å². The van der Waals surface area contributed by atoms with Gasteiger partial charge in [-0.25, -0.2) is 9.78 Å². The van der Waals surface area contributed by atoms with E-state index in [2.05, 4.69) is 10.3 Å². The zero-order valence-corrected chi connectivity index (χ0v) is 13.8. The molecule has 1 aromatic carbocycles. The molecule has 0 fully saturated rings. The van der Waals surface area contributed by atoms with Crippen LogP contribution in [0, 0.1) is 0 Å². The highest BCUT2D eigenvalue weighted by atomic mass is 32.1. The van der Waals surface area contributed by atoms with Crippen LogP contribution in [0.2, 0.25) is 0 Å². The lowest BCUT2D eigenvalue weighted by molar-refractivity contribution is -0.124. The van der Waals surface area contributed by atoms with Crippen molar-refractivity contribution < 1.29 is 14.3 Å². The van der Waals surface area contributed by atoms with E-state index in [1.807, 2.05) is 24.3 Å². The molecule has 5 nitrogen and oxygen atoms in total. The molecule has 0 radical (unpaired) electrons. The summed E-state index contributed by atoms with van der Waals surface area (Å²) in [4.78, 5) is 28.3. The van der Waals surface area contributed by atoms with Crippen LogP contribution in [0.15, 0.2) is 41.8 Å². The number of hydrogen-bond donors (Lipinski definition) is 1. The molecule has 0 aliphatic carbocycles. The molecule has 1 N–H and O–H groups in total. The number of thiophene rings is 1. The van der Waals surface area contributed by atoms with E-state index in [-0.39, 0.29) is 12.5 Å². The minimum Gasteiger partial charge on any atom is -0.451 e. The maximum absolute atomic E-state index is 11.7. The van der Waals surface area contributed by atoms with Crippen LogP contribution < -0.4 is 5.32 Å². The lowest BCUT2D eigenvalue weighted by Crippen LogP contribution is -2.30. The molecule has 0 unspecified atom stereocenters. The van der Waals surface area contributed by atoms with Gasteiger partial charge in [-0.2, -0.15) is 0 Å². The van der Waals surface area contributed by atoms with Crippen LogP contribution in [0.3, 0.4) is 0 Å². The monoisotopic (exact) mass is 346 g/mol. The molecule has 0 bridgehead atoms. The number of fused-ring (bicyclic) bond motifs is 1. The molecule has 0 spiro atoms. The van der Waals surface area contributed by atoms with Crippen LogP contribution in [0.4, 0.5) is 0 Å². The molecule has 118 valence electrons. The molecule has 3 rings (SSSR count). The lowest BCUT2D eigenvalue weighted by atomic mass is 10.3. The van der Waals surface area contributed by atoms with Crippen molar-refractivity contribution in [2.24, 2.45) is 0 Å². The van der Waals surface area contributed by atoms with Crippen molar-refractivity contribution in [2.75, 3.05) is 13.2 Å². The highest BCUT2D eigenvalue weighted by Gasteiger charge is 2.11. The molecule has 1 amide bonds. The van der Waals surface area contributed by atoms with Crippen LogP contribution in [0.25, 0.3) is 10.2 Å². The Hall–Kier alpha value is -2.25. The molecule has 0 aliphatic heterocycles. The summed E-state index contributed by atoms with van der Waals surface area (Å²) in [6, 6.07) is 11.4. The smallest absolute Gasteiger partial charge is 0.348 e. The van der Waals surface area contributed by atoms with Gasteiger partial charge in [-0.15, -0.1) is 22.7 Å². The van der Waals surface area contributed by atoms with Gasteiger partial charge in [-0.3, -0.25) is 4.79 Å². The first kappa shape index (κ1) is 15.6. The number of thiazole rings is 1. The van der Waals surface area contributed by atoms with Gasteiger partial charge in [0.15, 0.2) is 6.61 Å². The van der Waals surface area contributed by atoms with Crippen molar-refractivity contribution in [1.82, 2.24) is 10.3 Å². The van der Waals surface area contributed by atoms with Gasteiger partial charge in [-0.1, -0.05) is 18.2 Å². The summed E-state index contributed by atoms with van der Waals surface area (Å²) < 4.78 is 6.08. The number of amides is 1.